The molecule has 10 heteroatoms. The number of anilines is 1. The number of methoxy groups -OCH3 is 1. The van der Waals surface area contributed by atoms with Crippen LogP contribution in [0.4, 0.5) is 5.69 Å². The molecule has 0 spiro atoms. The number of primary amides is 1. The van der Waals surface area contributed by atoms with E-state index in [1.165, 1.54) is 37.6 Å². The number of hydrogen-bond donors (Lipinski definition) is 3. The topological polar surface area (TPSA) is 132 Å². The number of rotatable bonds is 8. The molecular formula is C25H23BrN4O5. The summed E-state index contributed by atoms with van der Waals surface area (Å²) in [7, 11) is 1.52. The second kappa shape index (κ2) is 11.8. The second-order valence-corrected chi connectivity index (χ2v) is 8.20. The van der Waals surface area contributed by atoms with Gasteiger partial charge in [0.2, 0.25) is 5.91 Å². The highest BCUT2D eigenvalue weighted by Gasteiger charge is 2.14. The first-order valence-electron chi connectivity index (χ1n) is 10.4. The van der Waals surface area contributed by atoms with Gasteiger partial charge in [-0.1, -0.05) is 24.3 Å². The van der Waals surface area contributed by atoms with E-state index in [9.17, 15) is 14.4 Å². The second-order valence-electron chi connectivity index (χ2n) is 7.34. The van der Waals surface area contributed by atoms with Gasteiger partial charge in [0, 0.05) is 11.3 Å². The molecule has 180 valence electrons. The number of aryl methyl sites for hydroxylation is 1. The Morgan fingerprint density at radius 2 is 1.77 bits per heavy atom. The summed E-state index contributed by atoms with van der Waals surface area (Å²) in [5, 5.41) is 6.23. The van der Waals surface area contributed by atoms with Gasteiger partial charge in [0.1, 0.15) is 6.61 Å². The van der Waals surface area contributed by atoms with Crippen molar-refractivity contribution in [3.05, 3.63) is 87.4 Å². The van der Waals surface area contributed by atoms with Crippen molar-refractivity contribution in [2.45, 2.75) is 13.5 Å². The van der Waals surface area contributed by atoms with E-state index >= 15 is 0 Å². The Labute approximate surface area is 210 Å². The lowest BCUT2D eigenvalue weighted by molar-refractivity contribution is -0.136. The maximum atomic E-state index is 12.1. The molecular weight excluding hydrogens is 516 g/mol. The Morgan fingerprint density at radius 1 is 1.06 bits per heavy atom. The predicted molar refractivity (Wildman–Crippen MR) is 136 cm³/mol. The fraction of sp³-hybridized carbons (Fsp3) is 0.120. The standard InChI is InChI=1S/C25H23BrN4O5/c1-15-5-3-4-6-18(15)14-35-22-20(26)11-16(12-21(22)34-2)13-28-30-25(33)24(32)29-19-9-7-17(8-10-19)23(27)31/h3-13H,14H2,1-2H3,(H2,27,31)(H,29,32)(H,30,33)/b28-13+. The lowest BCUT2D eigenvalue weighted by Crippen LogP contribution is -2.32. The number of benzene rings is 3. The lowest BCUT2D eigenvalue weighted by Gasteiger charge is -2.14. The van der Waals surface area contributed by atoms with Crippen LogP contribution in [0, 0.1) is 6.92 Å². The molecule has 0 aromatic heterocycles. The third-order valence-electron chi connectivity index (χ3n) is 4.90. The quantitative estimate of drug-likeness (QED) is 0.229. The molecule has 35 heavy (non-hydrogen) atoms. The maximum Gasteiger partial charge on any atom is 0.329 e. The molecule has 0 unspecified atom stereocenters. The van der Waals surface area contributed by atoms with Gasteiger partial charge in [-0.05, 0) is 75.9 Å². The van der Waals surface area contributed by atoms with Crippen molar-refractivity contribution in [2.24, 2.45) is 10.8 Å². The molecule has 4 N–H and O–H groups in total. The van der Waals surface area contributed by atoms with Gasteiger partial charge in [-0.25, -0.2) is 5.43 Å². The van der Waals surface area contributed by atoms with E-state index in [2.05, 4.69) is 31.8 Å². The number of hydrogen-bond acceptors (Lipinski definition) is 6. The van der Waals surface area contributed by atoms with Gasteiger partial charge >= 0.3 is 11.8 Å². The highest BCUT2D eigenvalue weighted by atomic mass is 79.9. The number of carbonyl (C=O) groups excluding carboxylic acids is 3. The minimum absolute atomic E-state index is 0.283. The third-order valence-corrected chi connectivity index (χ3v) is 5.49. The number of hydrazone groups is 1. The zero-order chi connectivity index (χ0) is 25.4. The SMILES string of the molecule is COc1cc(/C=N/NC(=O)C(=O)Nc2ccc(C(N)=O)cc2)cc(Br)c1OCc1ccccc1C. The predicted octanol–water partition coefficient (Wildman–Crippen LogP) is 3.53. The monoisotopic (exact) mass is 538 g/mol. The summed E-state index contributed by atoms with van der Waals surface area (Å²) in [4.78, 5) is 35.2. The van der Waals surface area contributed by atoms with Gasteiger partial charge in [-0.3, -0.25) is 14.4 Å². The highest BCUT2D eigenvalue weighted by Crippen LogP contribution is 2.37. The van der Waals surface area contributed by atoms with Gasteiger partial charge < -0.3 is 20.5 Å². The van der Waals surface area contributed by atoms with E-state index in [1.54, 1.807) is 12.1 Å². The van der Waals surface area contributed by atoms with Crippen molar-refractivity contribution in [1.82, 2.24) is 5.43 Å². The van der Waals surface area contributed by atoms with Crippen LogP contribution in [-0.4, -0.2) is 31.0 Å². The van der Waals surface area contributed by atoms with Crippen LogP contribution in [-0.2, 0) is 16.2 Å². The third kappa shape index (κ3) is 6.90. The molecule has 3 aromatic carbocycles. The van der Waals surface area contributed by atoms with E-state index in [-0.39, 0.29) is 5.56 Å². The first kappa shape index (κ1) is 25.4. The van der Waals surface area contributed by atoms with Crippen LogP contribution in [0.1, 0.15) is 27.0 Å². The Hall–Kier alpha value is -4.18. The Balaban J connectivity index is 1.61. The summed E-state index contributed by atoms with van der Waals surface area (Å²) >= 11 is 3.48. The Bertz CT molecular complexity index is 1280. The largest absolute Gasteiger partial charge is 0.493 e. The first-order valence-corrected chi connectivity index (χ1v) is 11.2. The zero-order valence-corrected chi connectivity index (χ0v) is 20.6. The average Bonchev–Trinajstić information content (AvgIpc) is 2.84. The Morgan fingerprint density at radius 3 is 2.43 bits per heavy atom. The highest BCUT2D eigenvalue weighted by molar-refractivity contribution is 9.10. The number of halogens is 1. The molecule has 3 rings (SSSR count). The van der Waals surface area contributed by atoms with Crippen LogP contribution in [0.3, 0.4) is 0 Å². The summed E-state index contributed by atoms with van der Waals surface area (Å²) < 4.78 is 12.0. The van der Waals surface area contributed by atoms with Crippen LogP contribution in [0.5, 0.6) is 11.5 Å². The molecule has 0 saturated carbocycles. The van der Waals surface area contributed by atoms with Crippen LogP contribution in [0.2, 0.25) is 0 Å². The number of nitrogens with one attached hydrogen (secondary N) is 2. The molecule has 0 aliphatic rings. The summed E-state index contributed by atoms with van der Waals surface area (Å²) in [5.74, 6) is -1.49. The van der Waals surface area contributed by atoms with Crippen molar-refractivity contribution >= 4 is 45.6 Å². The molecule has 0 heterocycles. The summed E-state index contributed by atoms with van der Waals surface area (Å²) in [6, 6.07) is 17.1. The van der Waals surface area contributed by atoms with Crippen molar-refractivity contribution in [1.29, 1.82) is 0 Å². The van der Waals surface area contributed by atoms with Crippen molar-refractivity contribution in [3.8, 4) is 11.5 Å². The van der Waals surface area contributed by atoms with E-state index in [0.717, 1.165) is 11.1 Å². The Kier molecular flexibility index (Phi) is 8.58. The number of ether oxygens (including phenoxy) is 2. The molecule has 3 amide bonds. The molecule has 3 aromatic rings. The normalized spacial score (nSPS) is 10.6. The molecule has 0 aliphatic carbocycles. The molecule has 0 radical (unpaired) electrons. The molecule has 0 bridgehead atoms. The number of amides is 3. The summed E-state index contributed by atoms with van der Waals surface area (Å²) in [6.45, 7) is 2.38. The van der Waals surface area contributed by atoms with Gasteiger partial charge in [-0.2, -0.15) is 5.10 Å². The molecule has 0 saturated heterocycles. The summed E-state index contributed by atoms with van der Waals surface area (Å²) in [5.41, 5.74) is 10.7. The fourth-order valence-corrected chi connectivity index (χ4v) is 3.57. The number of carbonyl (C=O) groups is 3. The van der Waals surface area contributed by atoms with Crippen LogP contribution < -0.4 is 25.9 Å². The van der Waals surface area contributed by atoms with E-state index in [1.807, 2.05) is 31.2 Å². The van der Waals surface area contributed by atoms with E-state index in [4.69, 9.17) is 15.2 Å². The molecule has 0 atom stereocenters. The van der Waals surface area contributed by atoms with Crippen molar-refractivity contribution < 1.29 is 23.9 Å². The van der Waals surface area contributed by atoms with Crippen LogP contribution in [0.25, 0.3) is 0 Å². The molecule has 0 fully saturated rings. The number of nitrogens with zero attached hydrogens (tertiary/aromatic N) is 1. The van der Waals surface area contributed by atoms with Gasteiger partial charge in [0.05, 0.1) is 17.8 Å². The molecule has 0 aliphatic heterocycles. The van der Waals surface area contributed by atoms with Gasteiger partial charge in [-0.15, -0.1) is 0 Å². The zero-order valence-electron chi connectivity index (χ0n) is 19.0. The van der Waals surface area contributed by atoms with Crippen LogP contribution >= 0.6 is 15.9 Å². The smallest absolute Gasteiger partial charge is 0.329 e. The van der Waals surface area contributed by atoms with Crippen molar-refractivity contribution in [2.75, 3.05) is 12.4 Å². The summed E-state index contributed by atoms with van der Waals surface area (Å²) in [6.07, 6.45) is 1.37. The van der Waals surface area contributed by atoms with E-state index in [0.29, 0.717) is 33.8 Å². The lowest BCUT2D eigenvalue weighted by atomic mass is 10.1. The van der Waals surface area contributed by atoms with Gasteiger partial charge in [0.25, 0.3) is 0 Å². The fourth-order valence-electron chi connectivity index (χ4n) is 3.00. The minimum Gasteiger partial charge on any atom is -0.493 e. The minimum atomic E-state index is -0.968. The number of nitrogens with two attached hydrogens (primary N) is 1. The maximum absolute atomic E-state index is 12.1. The van der Waals surface area contributed by atoms with Crippen molar-refractivity contribution in [3.63, 3.8) is 0 Å². The van der Waals surface area contributed by atoms with E-state index < -0.39 is 17.7 Å². The van der Waals surface area contributed by atoms with Gasteiger partial charge in [0.15, 0.2) is 11.5 Å². The average molecular weight is 539 g/mol. The molecule has 9 nitrogen and oxygen atoms in total. The van der Waals surface area contributed by atoms with Crippen LogP contribution in [0.15, 0.2) is 70.2 Å². The first-order chi connectivity index (χ1) is 16.8.